The second kappa shape index (κ2) is 10.5. The molecule has 11 rings (SSSR count). The first-order chi connectivity index (χ1) is 24.5. The average molecular weight is 659 g/mol. The molecule has 2 unspecified atom stereocenters. The van der Waals surface area contributed by atoms with Crippen LogP contribution >= 0.6 is 11.3 Å². The van der Waals surface area contributed by atoms with Crippen molar-refractivity contribution in [2.45, 2.75) is 50.9 Å². The maximum absolute atomic E-state index is 2.55. The standard InChI is InChI=1S/C49H38S/c1-49(2)43-22-21-32(24-40(43)41-25-33-26-42-35-13-9-10-18-45(35)50-46(42)28-34(33)27-44(41)49)48-38-16-7-5-14-36(38)47(37-15-6-8-17-39(37)48)31-20-19-29-11-3-4-12-30(29)23-31/h3,5-11,13-22,25-28,30,40H,4,12,23-24H2,1-2H3. The molecule has 0 aliphatic heterocycles. The van der Waals surface area contributed by atoms with E-state index >= 15 is 0 Å². The molecule has 0 amide bonds. The first-order valence-electron chi connectivity index (χ1n) is 18.3. The third-order valence-electron chi connectivity index (χ3n) is 12.5. The lowest BCUT2D eigenvalue weighted by molar-refractivity contribution is 0.573. The normalized spacial score (nSPS) is 20.8. The fraction of sp³-hybridized carbons (Fsp3) is 0.184. The Morgan fingerprint density at radius 3 is 1.98 bits per heavy atom. The van der Waals surface area contributed by atoms with Gasteiger partial charge in [-0.1, -0.05) is 129 Å². The van der Waals surface area contributed by atoms with Crippen molar-refractivity contribution in [3.63, 3.8) is 0 Å². The molecular weight excluding hydrogens is 621 g/mol. The van der Waals surface area contributed by atoms with E-state index in [9.17, 15) is 0 Å². The summed E-state index contributed by atoms with van der Waals surface area (Å²) in [6.45, 7) is 4.89. The molecule has 0 saturated carbocycles. The Bertz CT molecular complexity index is 2730. The molecule has 1 heterocycles. The molecule has 4 aliphatic carbocycles. The van der Waals surface area contributed by atoms with Crippen LogP contribution in [0.4, 0.5) is 0 Å². The lowest BCUT2D eigenvalue weighted by Crippen LogP contribution is -2.17. The Labute approximate surface area is 297 Å². The van der Waals surface area contributed by atoms with Gasteiger partial charge < -0.3 is 0 Å². The molecule has 0 spiro atoms. The minimum Gasteiger partial charge on any atom is -0.135 e. The van der Waals surface area contributed by atoms with Gasteiger partial charge in [-0.05, 0) is 127 Å². The Hall–Kier alpha value is -4.98. The molecule has 4 aliphatic rings. The molecule has 7 aromatic rings. The molecule has 6 aromatic carbocycles. The summed E-state index contributed by atoms with van der Waals surface area (Å²) in [5.74, 6) is 0.999. The molecule has 0 fully saturated rings. The number of benzene rings is 6. The van der Waals surface area contributed by atoms with Crippen LogP contribution in [0.3, 0.4) is 0 Å². The SMILES string of the molecule is CC1(C)C2=CC=C(c3c4ccccc4c(C4=CC=C5C=CCCC5C4)c4ccccc34)CC2c2cc3cc4c(cc3cc21)sc1ccccc14. The summed E-state index contributed by atoms with van der Waals surface area (Å²) in [7, 11) is 0. The van der Waals surface area contributed by atoms with Crippen molar-refractivity contribution >= 4 is 75.0 Å². The zero-order chi connectivity index (χ0) is 33.1. The van der Waals surface area contributed by atoms with Gasteiger partial charge in [0.15, 0.2) is 0 Å². The maximum atomic E-state index is 2.55. The quantitative estimate of drug-likeness (QED) is 0.162. The van der Waals surface area contributed by atoms with Gasteiger partial charge in [0.2, 0.25) is 0 Å². The van der Waals surface area contributed by atoms with Gasteiger partial charge in [-0.2, -0.15) is 0 Å². The summed E-state index contributed by atoms with van der Waals surface area (Å²) in [5.41, 5.74) is 11.9. The number of hydrogen-bond acceptors (Lipinski definition) is 1. The Morgan fingerprint density at radius 2 is 1.24 bits per heavy atom. The highest BCUT2D eigenvalue weighted by Gasteiger charge is 2.43. The van der Waals surface area contributed by atoms with E-state index in [4.69, 9.17) is 0 Å². The molecule has 0 bridgehead atoms. The summed E-state index contributed by atoms with van der Waals surface area (Å²) in [6, 6.07) is 37.3. The van der Waals surface area contributed by atoms with Crippen molar-refractivity contribution in [3.8, 4) is 0 Å². The van der Waals surface area contributed by atoms with Gasteiger partial charge in [-0.25, -0.2) is 0 Å². The lowest BCUT2D eigenvalue weighted by Gasteiger charge is -2.29. The third kappa shape index (κ3) is 4.05. The number of rotatable bonds is 2. The van der Waals surface area contributed by atoms with E-state index in [0.29, 0.717) is 11.8 Å². The highest BCUT2D eigenvalue weighted by molar-refractivity contribution is 7.25. The van der Waals surface area contributed by atoms with E-state index in [1.54, 1.807) is 5.57 Å². The van der Waals surface area contributed by atoms with Crippen LogP contribution < -0.4 is 0 Å². The van der Waals surface area contributed by atoms with E-state index < -0.39 is 0 Å². The van der Waals surface area contributed by atoms with E-state index in [2.05, 4.69) is 147 Å². The Kier molecular flexibility index (Phi) is 6.06. The molecular formula is C49H38S. The fourth-order valence-electron chi connectivity index (χ4n) is 10.1. The number of hydrogen-bond donors (Lipinski definition) is 0. The fourth-order valence-corrected chi connectivity index (χ4v) is 11.2. The van der Waals surface area contributed by atoms with Gasteiger partial charge in [-0.15, -0.1) is 11.3 Å². The number of fused-ring (bicyclic) bond motifs is 10. The largest absolute Gasteiger partial charge is 0.135 e. The monoisotopic (exact) mass is 658 g/mol. The number of allylic oxidation sites excluding steroid dienone is 10. The van der Waals surface area contributed by atoms with Crippen molar-refractivity contribution in [2.24, 2.45) is 5.92 Å². The van der Waals surface area contributed by atoms with E-state index in [-0.39, 0.29) is 5.41 Å². The zero-order valence-electron chi connectivity index (χ0n) is 28.6. The van der Waals surface area contributed by atoms with Crippen molar-refractivity contribution in [1.29, 1.82) is 0 Å². The van der Waals surface area contributed by atoms with Gasteiger partial charge in [0.25, 0.3) is 0 Å². The second-order valence-electron chi connectivity index (χ2n) is 15.5. The molecule has 1 aromatic heterocycles. The zero-order valence-corrected chi connectivity index (χ0v) is 29.4. The van der Waals surface area contributed by atoms with Crippen molar-refractivity contribution in [3.05, 3.63) is 167 Å². The van der Waals surface area contributed by atoms with Gasteiger partial charge >= 0.3 is 0 Å². The van der Waals surface area contributed by atoms with Crippen LogP contribution in [-0.2, 0) is 5.41 Å². The van der Waals surface area contributed by atoms with Crippen LogP contribution in [0.25, 0.3) is 63.6 Å². The second-order valence-corrected chi connectivity index (χ2v) is 16.6. The summed E-state index contributed by atoms with van der Waals surface area (Å²) >= 11 is 1.92. The number of thiophene rings is 1. The van der Waals surface area contributed by atoms with E-state index in [0.717, 1.165) is 12.8 Å². The van der Waals surface area contributed by atoms with Crippen LogP contribution in [0.15, 0.2) is 145 Å². The summed E-state index contributed by atoms with van der Waals surface area (Å²) in [5, 5.41) is 11.0. The topological polar surface area (TPSA) is 0 Å². The molecule has 0 N–H and O–H groups in total. The van der Waals surface area contributed by atoms with Crippen LogP contribution in [0, 0.1) is 5.92 Å². The molecule has 2 atom stereocenters. The van der Waals surface area contributed by atoms with Crippen LogP contribution in [-0.4, -0.2) is 0 Å². The predicted molar refractivity (Wildman–Crippen MR) is 217 cm³/mol. The van der Waals surface area contributed by atoms with Crippen molar-refractivity contribution in [2.75, 3.05) is 0 Å². The highest BCUT2D eigenvalue weighted by Crippen LogP contribution is 2.57. The smallest absolute Gasteiger partial charge is 0.0361 e. The maximum Gasteiger partial charge on any atom is 0.0361 e. The van der Waals surface area contributed by atoms with Crippen LogP contribution in [0.2, 0.25) is 0 Å². The highest BCUT2D eigenvalue weighted by atomic mass is 32.1. The van der Waals surface area contributed by atoms with Crippen molar-refractivity contribution < 1.29 is 0 Å². The molecule has 0 saturated heterocycles. The molecule has 240 valence electrons. The van der Waals surface area contributed by atoms with Gasteiger partial charge in [0.05, 0.1) is 0 Å². The summed E-state index contributed by atoms with van der Waals surface area (Å²) in [6.07, 6.45) is 19.0. The van der Waals surface area contributed by atoms with Crippen LogP contribution in [0.5, 0.6) is 0 Å². The Morgan fingerprint density at radius 1 is 0.600 bits per heavy atom. The average Bonchev–Trinajstić information content (AvgIpc) is 3.62. The predicted octanol–water partition coefficient (Wildman–Crippen LogP) is 14.0. The summed E-state index contributed by atoms with van der Waals surface area (Å²) < 4.78 is 2.75. The lowest BCUT2D eigenvalue weighted by atomic mass is 9.74. The van der Waals surface area contributed by atoms with Crippen molar-refractivity contribution in [1.82, 2.24) is 0 Å². The van der Waals surface area contributed by atoms with Crippen LogP contribution in [0.1, 0.15) is 67.7 Å². The van der Waals surface area contributed by atoms with E-state index in [1.807, 2.05) is 11.3 Å². The third-order valence-corrected chi connectivity index (χ3v) is 13.7. The minimum atomic E-state index is -0.00648. The minimum absolute atomic E-state index is 0.00648. The van der Waals surface area contributed by atoms with Gasteiger partial charge in [0.1, 0.15) is 0 Å². The molecule has 50 heavy (non-hydrogen) atoms. The Balaban J connectivity index is 1.08. The summed E-state index contributed by atoms with van der Waals surface area (Å²) in [4.78, 5) is 0. The van der Waals surface area contributed by atoms with E-state index in [1.165, 1.54) is 104 Å². The molecule has 1 heteroatoms. The van der Waals surface area contributed by atoms with Gasteiger partial charge in [-0.3, -0.25) is 0 Å². The van der Waals surface area contributed by atoms with Gasteiger partial charge in [0, 0.05) is 31.5 Å². The first-order valence-corrected chi connectivity index (χ1v) is 19.2. The molecule has 0 radical (unpaired) electrons. The molecule has 0 nitrogen and oxygen atoms in total. The first kappa shape index (κ1) is 28.8.